The van der Waals surface area contributed by atoms with Crippen molar-refractivity contribution in [2.45, 2.75) is 32.6 Å². The molecule has 1 unspecified atom stereocenters. The van der Waals surface area contributed by atoms with Gasteiger partial charge in [-0.3, -0.25) is 9.78 Å². The van der Waals surface area contributed by atoms with Gasteiger partial charge in [-0.25, -0.2) is 4.79 Å². The lowest BCUT2D eigenvalue weighted by atomic mass is 9.92. The first-order chi connectivity index (χ1) is 12.0. The van der Waals surface area contributed by atoms with Crippen LogP contribution in [0.15, 0.2) is 24.5 Å². The van der Waals surface area contributed by atoms with Crippen LogP contribution in [0.2, 0.25) is 0 Å². The van der Waals surface area contributed by atoms with E-state index in [2.05, 4.69) is 10.3 Å². The van der Waals surface area contributed by atoms with Gasteiger partial charge in [-0.1, -0.05) is 13.8 Å². The molecule has 0 radical (unpaired) electrons. The Kier molecular flexibility index (Phi) is 5.56. The third-order valence-corrected chi connectivity index (χ3v) is 5.21. The third-order valence-electron chi connectivity index (χ3n) is 5.21. The van der Waals surface area contributed by atoms with Crippen LogP contribution < -0.4 is 5.32 Å². The monoisotopic (exact) mass is 344 g/mol. The fraction of sp³-hybridized carbons (Fsp3) is 0.632. The summed E-state index contributed by atoms with van der Waals surface area (Å²) in [5.41, 5.74) is 1.24. The normalized spacial score (nSPS) is 21.2. The van der Waals surface area contributed by atoms with Gasteiger partial charge in [0.15, 0.2) is 0 Å². The maximum absolute atomic E-state index is 12.3. The number of piperidine rings is 1. The molecule has 0 bridgehead atoms. The maximum Gasteiger partial charge on any atom is 0.317 e. The average molecular weight is 344 g/mol. The second kappa shape index (κ2) is 7.85. The Labute approximate surface area is 149 Å². The van der Waals surface area contributed by atoms with Crippen molar-refractivity contribution in [2.75, 3.05) is 32.7 Å². The lowest BCUT2D eigenvalue weighted by molar-refractivity contribution is -0.136. The Balaban J connectivity index is 1.40. The Morgan fingerprint density at radius 3 is 2.60 bits per heavy atom. The van der Waals surface area contributed by atoms with Gasteiger partial charge in [-0.2, -0.15) is 0 Å². The Bertz CT molecular complexity index is 599. The Morgan fingerprint density at radius 2 is 1.92 bits per heavy atom. The van der Waals surface area contributed by atoms with E-state index in [9.17, 15) is 9.59 Å². The SMILES string of the molecule is CC(C)C(=O)N1CCCC(CNC(=O)N2CC(c3ccncc3)C2)C1. The van der Waals surface area contributed by atoms with Crippen molar-refractivity contribution >= 4 is 11.9 Å². The molecule has 3 rings (SSSR count). The standard InChI is InChI=1S/C19H28N4O2/c1-14(2)18(24)22-9-3-4-15(11-22)10-21-19(25)23-12-17(13-23)16-5-7-20-8-6-16/h5-8,14-15,17H,3-4,9-13H2,1-2H3,(H,21,25). The van der Waals surface area contributed by atoms with Crippen LogP contribution in [0.25, 0.3) is 0 Å². The summed E-state index contributed by atoms with van der Waals surface area (Å²) in [6.07, 6.45) is 5.69. The summed E-state index contributed by atoms with van der Waals surface area (Å²) in [4.78, 5) is 32.3. The lowest BCUT2D eigenvalue weighted by Crippen LogP contribution is -2.54. The molecule has 2 saturated heterocycles. The molecular formula is C19H28N4O2. The minimum atomic E-state index is 0.0117. The van der Waals surface area contributed by atoms with Gasteiger partial charge < -0.3 is 15.1 Å². The molecule has 2 aliphatic rings. The van der Waals surface area contributed by atoms with Crippen molar-refractivity contribution in [3.05, 3.63) is 30.1 Å². The number of aromatic nitrogens is 1. The molecule has 3 heterocycles. The molecule has 1 aromatic rings. The van der Waals surface area contributed by atoms with E-state index in [1.165, 1.54) is 5.56 Å². The summed E-state index contributed by atoms with van der Waals surface area (Å²) < 4.78 is 0. The quantitative estimate of drug-likeness (QED) is 0.909. The molecule has 0 aliphatic carbocycles. The molecule has 0 spiro atoms. The molecule has 1 atom stereocenters. The zero-order valence-corrected chi connectivity index (χ0v) is 15.1. The molecule has 0 aromatic carbocycles. The number of hydrogen-bond acceptors (Lipinski definition) is 3. The van der Waals surface area contributed by atoms with E-state index < -0.39 is 0 Å². The molecule has 25 heavy (non-hydrogen) atoms. The summed E-state index contributed by atoms with van der Waals surface area (Å²) in [5, 5.41) is 3.05. The van der Waals surface area contributed by atoms with Crippen LogP contribution in [0.1, 0.15) is 38.2 Å². The first-order valence-corrected chi connectivity index (χ1v) is 9.26. The Hall–Kier alpha value is -2.11. The van der Waals surface area contributed by atoms with Gasteiger partial charge in [-0.05, 0) is 36.5 Å². The molecule has 2 aliphatic heterocycles. The van der Waals surface area contributed by atoms with Crippen molar-refractivity contribution in [2.24, 2.45) is 11.8 Å². The van der Waals surface area contributed by atoms with Gasteiger partial charge in [0.25, 0.3) is 0 Å². The number of likely N-dealkylation sites (tertiary alicyclic amines) is 2. The van der Waals surface area contributed by atoms with Crippen molar-refractivity contribution in [3.63, 3.8) is 0 Å². The van der Waals surface area contributed by atoms with Crippen LogP contribution >= 0.6 is 0 Å². The van der Waals surface area contributed by atoms with E-state index >= 15 is 0 Å². The van der Waals surface area contributed by atoms with E-state index in [1.807, 2.05) is 35.8 Å². The number of amides is 3. The molecule has 0 saturated carbocycles. The number of nitrogens with one attached hydrogen (secondary N) is 1. The molecule has 136 valence electrons. The Morgan fingerprint density at radius 1 is 1.20 bits per heavy atom. The predicted octanol–water partition coefficient (Wildman–Crippen LogP) is 2.08. The zero-order chi connectivity index (χ0) is 17.8. The highest BCUT2D eigenvalue weighted by Crippen LogP contribution is 2.26. The molecular weight excluding hydrogens is 316 g/mol. The summed E-state index contributed by atoms with van der Waals surface area (Å²) in [6, 6.07) is 4.04. The first-order valence-electron chi connectivity index (χ1n) is 9.26. The number of carbonyl (C=O) groups excluding carboxylic acids is 2. The molecule has 6 heteroatoms. The minimum absolute atomic E-state index is 0.0117. The van der Waals surface area contributed by atoms with Gasteiger partial charge in [-0.15, -0.1) is 0 Å². The number of pyridine rings is 1. The van der Waals surface area contributed by atoms with Crippen molar-refractivity contribution in [1.82, 2.24) is 20.1 Å². The van der Waals surface area contributed by atoms with Gasteiger partial charge in [0.05, 0.1) is 0 Å². The van der Waals surface area contributed by atoms with Crippen LogP contribution in [0.3, 0.4) is 0 Å². The largest absolute Gasteiger partial charge is 0.342 e. The van der Waals surface area contributed by atoms with Gasteiger partial charge in [0, 0.05) is 57.0 Å². The van der Waals surface area contributed by atoms with E-state index in [0.717, 1.165) is 39.0 Å². The van der Waals surface area contributed by atoms with Crippen molar-refractivity contribution in [1.29, 1.82) is 0 Å². The smallest absolute Gasteiger partial charge is 0.317 e. The van der Waals surface area contributed by atoms with E-state index in [4.69, 9.17) is 0 Å². The molecule has 6 nitrogen and oxygen atoms in total. The van der Waals surface area contributed by atoms with Gasteiger partial charge in [0.2, 0.25) is 5.91 Å². The van der Waals surface area contributed by atoms with Gasteiger partial charge >= 0.3 is 6.03 Å². The van der Waals surface area contributed by atoms with Crippen LogP contribution in [0.5, 0.6) is 0 Å². The fourth-order valence-corrected chi connectivity index (χ4v) is 3.63. The second-order valence-electron chi connectivity index (χ2n) is 7.52. The zero-order valence-electron chi connectivity index (χ0n) is 15.1. The highest BCUT2D eigenvalue weighted by molar-refractivity contribution is 5.78. The molecule has 1 aromatic heterocycles. The van der Waals surface area contributed by atoms with Gasteiger partial charge in [0.1, 0.15) is 0 Å². The summed E-state index contributed by atoms with van der Waals surface area (Å²) >= 11 is 0. The van der Waals surface area contributed by atoms with Crippen LogP contribution in [-0.2, 0) is 4.79 Å². The van der Waals surface area contributed by atoms with Crippen molar-refractivity contribution < 1.29 is 9.59 Å². The maximum atomic E-state index is 12.3. The van der Waals surface area contributed by atoms with Crippen molar-refractivity contribution in [3.8, 4) is 0 Å². The summed E-state index contributed by atoms with van der Waals surface area (Å²) in [7, 11) is 0. The van der Waals surface area contributed by atoms with E-state index in [1.54, 1.807) is 12.4 Å². The number of carbonyl (C=O) groups is 2. The van der Waals surface area contributed by atoms with E-state index in [0.29, 0.717) is 18.4 Å². The number of urea groups is 1. The lowest BCUT2D eigenvalue weighted by Gasteiger charge is -2.40. The number of hydrogen-bond donors (Lipinski definition) is 1. The van der Waals surface area contributed by atoms with Crippen LogP contribution in [0.4, 0.5) is 4.79 Å². The topological polar surface area (TPSA) is 65.5 Å². The summed E-state index contributed by atoms with van der Waals surface area (Å²) in [6.45, 7) is 7.67. The first kappa shape index (κ1) is 17.7. The molecule has 1 N–H and O–H groups in total. The fourth-order valence-electron chi connectivity index (χ4n) is 3.63. The highest BCUT2D eigenvalue weighted by atomic mass is 16.2. The average Bonchev–Trinajstić information content (AvgIpc) is 2.59. The van der Waals surface area contributed by atoms with E-state index in [-0.39, 0.29) is 17.9 Å². The number of nitrogens with zero attached hydrogens (tertiary/aromatic N) is 3. The predicted molar refractivity (Wildman–Crippen MR) is 96.1 cm³/mol. The highest BCUT2D eigenvalue weighted by Gasteiger charge is 2.32. The second-order valence-corrected chi connectivity index (χ2v) is 7.52. The van der Waals surface area contributed by atoms with Crippen LogP contribution in [0, 0.1) is 11.8 Å². The molecule has 2 fully saturated rings. The molecule has 3 amide bonds. The summed E-state index contributed by atoms with van der Waals surface area (Å²) in [5.74, 6) is 1.04. The minimum Gasteiger partial charge on any atom is -0.342 e. The third kappa shape index (κ3) is 4.30. The van der Waals surface area contributed by atoms with Crippen LogP contribution in [-0.4, -0.2) is 59.4 Å². The number of rotatable bonds is 4.